The number of carbonyl (C=O) groups is 1. The van der Waals surface area contributed by atoms with Crippen molar-refractivity contribution in [3.05, 3.63) is 47.1 Å². The van der Waals surface area contributed by atoms with E-state index in [4.69, 9.17) is 0 Å². The molecule has 1 aromatic heterocycles. The normalized spacial score (nSPS) is 15.8. The van der Waals surface area contributed by atoms with Crippen LogP contribution in [0.15, 0.2) is 36.4 Å². The quantitative estimate of drug-likeness (QED) is 0.925. The summed E-state index contributed by atoms with van der Waals surface area (Å²) in [6.45, 7) is 3.37. The number of hydrogen-bond donors (Lipinski definition) is 1. The molecule has 1 N–H and O–H groups in total. The topological polar surface area (TPSA) is 32.3 Å². The SMILES string of the molecule is O=C(c1ccc(-c2ccc(F)cc2)s1)N1CCCNCC1. The zero-order valence-corrected chi connectivity index (χ0v) is 12.5. The molecule has 1 fully saturated rings. The lowest BCUT2D eigenvalue weighted by molar-refractivity contribution is 0.0771. The molecule has 0 bridgehead atoms. The smallest absolute Gasteiger partial charge is 0.263 e. The van der Waals surface area contributed by atoms with Crippen LogP contribution in [0, 0.1) is 5.82 Å². The Labute approximate surface area is 127 Å². The van der Waals surface area contributed by atoms with Crippen molar-refractivity contribution in [2.45, 2.75) is 6.42 Å². The van der Waals surface area contributed by atoms with Gasteiger partial charge in [-0.05, 0) is 42.8 Å². The molecule has 0 saturated carbocycles. The summed E-state index contributed by atoms with van der Waals surface area (Å²) < 4.78 is 13.0. The molecule has 21 heavy (non-hydrogen) atoms. The number of hydrogen-bond acceptors (Lipinski definition) is 3. The van der Waals surface area contributed by atoms with Gasteiger partial charge < -0.3 is 10.2 Å². The highest BCUT2D eigenvalue weighted by Crippen LogP contribution is 2.29. The van der Waals surface area contributed by atoms with Gasteiger partial charge in [-0.1, -0.05) is 12.1 Å². The van der Waals surface area contributed by atoms with E-state index in [9.17, 15) is 9.18 Å². The maximum Gasteiger partial charge on any atom is 0.263 e. The van der Waals surface area contributed by atoms with Crippen LogP contribution in [0.5, 0.6) is 0 Å². The molecule has 1 aliphatic rings. The molecule has 0 aliphatic carbocycles. The predicted molar refractivity (Wildman–Crippen MR) is 83.1 cm³/mol. The molecule has 2 aromatic rings. The molecule has 1 aliphatic heterocycles. The summed E-state index contributed by atoms with van der Waals surface area (Å²) in [5.41, 5.74) is 0.943. The number of nitrogens with one attached hydrogen (secondary N) is 1. The van der Waals surface area contributed by atoms with Gasteiger partial charge in [-0.3, -0.25) is 4.79 Å². The van der Waals surface area contributed by atoms with Crippen LogP contribution >= 0.6 is 11.3 Å². The van der Waals surface area contributed by atoms with Crippen molar-refractivity contribution in [1.82, 2.24) is 10.2 Å². The van der Waals surface area contributed by atoms with Crippen molar-refractivity contribution in [3.8, 4) is 10.4 Å². The standard InChI is InChI=1S/C16H17FN2OS/c17-13-4-2-12(3-5-13)14-6-7-15(21-14)16(20)19-10-1-8-18-9-11-19/h2-7,18H,1,8-11H2. The van der Waals surface area contributed by atoms with Gasteiger partial charge in [-0.15, -0.1) is 11.3 Å². The van der Waals surface area contributed by atoms with E-state index in [1.54, 1.807) is 12.1 Å². The van der Waals surface area contributed by atoms with Crippen LogP contribution in [-0.4, -0.2) is 37.0 Å². The van der Waals surface area contributed by atoms with E-state index in [2.05, 4.69) is 5.32 Å². The van der Waals surface area contributed by atoms with Crippen LogP contribution in [0.25, 0.3) is 10.4 Å². The average molecular weight is 304 g/mol. The molecule has 0 unspecified atom stereocenters. The van der Waals surface area contributed by atoms with Crippen molar-refractivity contribution in [1.29, 1.82) is 0 Å². The summed E-state index contributed by atoms with van der Waals surface area (Å²) in [4.78, 5) is 16.1. The molecule has 0 atom stereocenters. The molecule has 3 nitrogen and oxygen atoms in total. The molecular formula is C16H17FN2OS. The Hall–Kier alpha value is -1.72. The summed E-state index contributed by atoms with van der Waals surface area (Å²) in [6.07, 6.45) is 0.988. The molecule has 3 rings (SSSR count). The zero-order chi connectivity index (χ0) is 14.7. The highest BCUT2D eigenvalue weighted by Gasteiger charge is 2.19. The maximum atomic E-state index is 13.0. The highest BCUT2D eigenvalue weighted by atomic mass is 32.1. The lowest BCUT2D eigenvalue weighted by Gasteiger charge is -2.18. The molecular weight excluding hydrogens is 287 g/mol. The average Bonchev–Trinajstić information content (AvgIpc) is 2.83. The summed E-state index contributed by atoms with van der Waals surface area (Å²) in [6, 6.07) is 10.2. The van der Waals surface area contributed by atoms with Crippen LogP contribution < -0.4 is 5.32 Å². The Morgan fingerprint density at radius 1 is 1.10 bits per heavy atom. The van der Waals surface area contributed by atoms with E-state index in [1.807, 2.05) is 17.0 Å². The number of thiophene rings is 1. The van der Waals surface area contributed by atoms with E-state index in [0.717, 1.165) is 47.9 Å². The second-order valence-electron chi connectivity index (χ2n) is 5.07. The molecule has 2 heterocycles. The number of rotatable bonds is 2. The second-order valence-corrected chi connectivity index (χ2v) is 6.15. The second kappa shape index (κ2) is 6.37. The molecule has 5 heteroatoms. The summed E-state index contributed by atoms with van der Waals surface area (Å²) in [5, 5.41) is 3.29. The highest BCUT2D eigenvalue weighted by molar-refractivity contribution is 7.17. The third kappa shape index (κ3) is 3.31. The predicted octanol–water partition coefficient (Wildman–Crippen LogP) is 2.99. The Morgan fingerprint density at radius 3 is 2.71 bits per heavy atom. The molecule has 1 amide bonds. The number of carbonyl (C=O) groups excluding carboxylic acids is 1. The van der Waals surface area contributed by atoms with E-state index >= 15 is 0 Å². The fourth-order valence-corrected chi connectivity index (χ4v) is 3.41. The Kier molecular flexibility index (Phi) is 4.31. The van der Waals surface area contributed by atoms with Crippen molar-refractivity contribution >= 4 is 17.2 Å². The molecule has 1 aromatic carbocycles. The minimum absolute atomic E-state index is 0.0945. The monoisotopic (exact) mass is 304 g/mol. The lowest BCUT2D eigenvalue weighted by atomic mass is 10.2. The fraction of sp³-hybridized carbons (Fsp3) is 0.312. The van der Waals surface area contributed by atoms with Crippen molar-refractivity contribution in [2.75, 3.05) is 26.2 Å². The minimum atomic E-state index is -0.247. The van der Waals surface area contributed by atoms with Gasteiger partial charge in [0, 0.05) is 24.5 Å². The first-order valence-corrected chi connectivity index (χ1v) is 7.91. The fourth-order valence-electron chi connectivity index (χ4n) is 2.43. The first-order valence-electron chi connectivity index (χ1n) is 7.10. The summed E-state index contributed by atoms with van der Waals surface area (Å²) in [5.74, 6) is -0.152. The van der Waals surface area contributed by atoms with Gasteiger partial charge in [0.1, 0.15) is 5.82 Å². The van der Waals surface area contributed by atoms with E-state index in [1.165, 1.54) is 23.5 Å². The molecule has 110 valence electrons. The van der Waals surface area contributed by atoms with Crippen LogP contribution in [-0.2, 0) is 0 Å². The zero-order valence-electron chi connectivity index (χ0n) is 11.6. The molecule has 0 spiro atoms. The van der Waals surface area contributed by atoms with Gasteiger partial charge >= 0.3 is 0 Å². The van der Waals surface area contributed by atoms with Gasteiger partial charge in [0.05, 0.1) is 4.88 Å². The van der Waals surface area contributed by atoms with Crippen molar-refractivity contribution < 1.29 is 9.18 Å². The van der Waals surface area contributed by atoms with Gasteiger partial charge in [0.15, 0.2) is 0 Å². The van der Waals surface area contributed by atoms with E-state index in [0.29, 0.717) is 0 Å². The number of halogens is 1. The van der Waals surface area contributed by atoms with Crippen LogP contribution in [0.2, 0.25) is 0 Å². The first kappa shape index (κ1) is 14.2. The van der Waals surface area contributed by atoms with Gasteiger partial charge in [-0.2, -0.15) is 0 Å². The van der Waals surface area contributed by atoms with Crippen LogP contribution in [0.1, 0.15) is 16.1 Å². The van der Waals surface area contributed by atoms with Gasteiger partial charge in [-0.25, -0.2) is 4.39 Å². The third-order valence-electron chi connectivity index (χ3n) is 3.57. The minimum Gasteiger partial charge on any atom is -0.337 e. The third-order valence-corrected chi connectivity index (χ3v) is 4.70. The molecule has 1 saturated heterocycles. The number of benzene rings is 1. The van der Waals surface area contributed by atoms with E-state index < -0.39 is 0 Å². The summed E-state index contributed by atoms with van der Waals surface area (Å²) in [7, 11) is 0. The van der Waals surface area contributed by atoms with Gasteiger partial charge in [0.25, 0.3) is 5.91 Å². The van der Waals surface area contributed by atoms with Crippen molar-refractivity contribution in [3.63, 3.8) is 0 Å². The number of amides is 1. The van der Waals surface area contributed by atoms with E-state index in [-0.39, 0.29) is 11.7 Å². The largest absolute Gasteiger partial charge is 0.337 e. The van der Waals surface area contributed by atoms with Gasteiger partial charge in [0.2, 0.25) is 0 Å². The Bertz CT molecular complexity index is 615. The lowest BCUT2D eigenvalue weighted by Crippen LogP contribution is -2.33. The van der Waals surface area contributed by atoms with Crippen LogP contribution in [0.3, 0.4) is 0 Å². The number of nitrogens with zero attached hydrogens (tertiary/aromatic N) is 1. The Morgan fingerprint density at radius 2 is 1.90 bits per heavy atom. The van der Waals surface area contributed by atoms with Crippen LogP contribution in [0.4, 0.5) is 4.39 Å². The molecule has 0 radical (unpaired) electrons. The summed E-state index contributed by atoms with van der Waals surface area (Å²) >= 11 is 1.47. The first-order chi connectivity index (χ1) is 10.2. The Balaban J connectivity index is 1.77. The van der Waals surface area contributed by atoms with Crippen molar-refractivity contribution in [2.24, 2.45) is 0 Å². The maximum absolute atomic E-state index is 13.0.